The van der Waals surface area contributed by atoms with Gasteiger partial charge in [0, 0.05) is 5.56 Å². The van der Waals surface area contributed by atoms with Crippen LogP contribution in [0.5, 0.6) is 11.5 Å². The lowest BCUT2D eigenvalue weighted by Gasteiger charge is -2.13. The molecule has 19 heavy (non-hydrogen) atoms. The molecule has 0 saturated heterocycles. The number of halogens is 2. The Bertz CT molecular complexity index is 615. The van der Waals surface area contributed by atoms with E-state index in [1.165, 1.54) is 0 Å². The predicted molar refractivity (Wildman–Crippen MR) is 79.4 cm³/mol. The van der Waals surface area contributed by atoms with E-state index in [9.17, 15) is 0 Å². The number of anilines is 1. The normalized spacial score (nSPS) is 10.3. The Morgan fingerprint density at radius 3 is 2.32 bits per heavy atom. The molecule has 0 bridgehead atoms. The predicted octanol–water partition coefficient (Wildman–Crippen LogP) is 4.26. The topological polar surface area (TPSA) is 44.5 Å². The summed E-state index contributed by atoms with van der Waals surface area (Å²) in [5, 5.41) is 0.918. The molecule has 2 aromatic rings. The second-order valence-electron chi connectivity index (χ2n) is 3.90. The molecule has 2 N–H and O–H groups in total. The summed E-state index contributed by atoms with van der Waals surface area (Å²) in [4.78, 5) is 0. The first kappa shape index (κ1) is 13.8. The summed E-state index contributed by atoms with van der Waals surface area (Å²) in [5.41, 5.74) is 7.94. The molecule has 0 fully saturated rings. The average molecular weight is 298 g/mol. The highest BCUT2D eigenvalue weighted by Crippen LogP contribution is 2.42. The van der Waals surface area contributed by atoms with Crippen molar-refractivity contribution in [1.82, 2.24) is 0 Å². The molecule has 0 amide bonds. The molecule has 0 aromatic heterocycles. The largest absolute Gasteiger partial charge is 0.495 e. The third-order valence-electron chi connectivity index (χ3n) is 2.80. The van der Waals surface area contributed by atoms with E-state index in [1.54, 1.807) is 32.4 Å². The lowest BCUT2D eigenvalue weighted by Crippen LogP contribution is -1.93. The first-order chi connectivity index (χ1) is 9.08. The molecule has 0 aliphatic heterocycles. The monoisotopic (exact) mass is 297 g/mol. The first-order valence-electron chi connectivity index (χ1n) is 5.54. The van der Waals surface area contributed by atoms with E-state index >= 15 is 0 Å². The Morgan fingerprint density at radius 2 is 1.74 bits per heavy atom. The van der Waals surface area contributed by atoms with Gasteiger partial charge in [-0.05, 0) is 29.8 Å². The van der Waals surface area contributed by atoms with Crippen molar-refractivity contribution in [3.63, 3.8) is 0 Å². The standard InChI is InChI=1S/C14H13Cl2NO2/c1-18-12-6-4-9(14(19-2)13(12)16)8-3-5-11(17)10(15)7-8/h3-7H,17H2,1-2H3. The molecular formula is C14H13Cl2NO2. The van der Waals surface area contributed by atoms with Gasteiger partial charge < -0.3 is 15.2 Å². The molecule has 0 unspecified atom stereocenters. The summed E-state index contributed by atoms with van der Waals surface area (Å²) < 4.78 is 10.5. The molecule has 0 aliphatic carbocycles. The van der Waals surface area contributed by atoms with Gasteiger partial charge in [0.15, 0.2) is 0 Å². The Balaban J connectivity index is 2.61. The maximum absolute atomic E-state index is 6.23. The molecule has 0 heterocycles. The van der Waals surface area contributed by atoms with Gasteiger partial charge >= 0.3 is 0 Å². The molecule has 0 radical (unpaired) electrons. The van der Waals surface area contributed by atoms with Crippen molar-refractivity contribution in [3.05, 3.63) is 40.4 Å². The van der Waals surface area contributed by atoms with E-state index < -0.39 is 0 Å². The number of hydrogen-bond acceptors (Lipinski definition) is 3. The molecule has 2 rings (SSSR count). The molecule has 100 valence electrons. The summed E-state index contributed by atoms with van der Waals surface area (Å²) >= 11 is 12.3. The second kappa shape index (κ2) is 5.59. The van der Waals surface area contributed by atoms with Crippen molar-refractivity contribution >= 4 is 28.9 Å². The number of hydrogen-bond donors (Lipinski definition) is 1. The van der Waals surface area contributed by atoms with Gasteiger partial charge in [-0.2, -0.15) is 0 Å². The minimum atomic E-state index is 0.426. The fourth-order valence-corrected chi connectivity index (χ4v) is 2.32. The smallest absolute Gasteiger partial charge is 0.149 e. The number of nitrogens with two attached hydrogens (primary N) is 1. The van der Waals surface area contributed by atoms with Crippen LogP contribution in [-0.2, 0) is 0 Å². The molecule has 0 aliphatic rings. The Labute approximate surface area is 121 Å². The Morgan fingerprint density at radius 1 is 1.00 bits per heavy atom. The van der Waals surface area contributed by atoms with Gasteiger partial charge in [0.1, 0.15) is 16.5 Å². The summed E-state index contributed by atoms with van der Waals surface area (Å²) in [6, 6.07) is 9.03. The van der Waals surface area contributed by atoms with Crippen LogP contribution < -0.4 is 15.2 Å². The van der Waals surface area contributed by atoms with Crippen LogP contribution in [0.25, 0.3) is 11.1 Å². The lowest BCUT2D eigenvalue weighted by atomic mass is 10.0. The van der Waals surface area contributed by atoms with Crippen LogP contribution in [0.1, 0.15) is 0 Å². The minimum absolute atomic E-state index is 0.426. The van der Waals surface area contributed by atoms with Gasteiger partial charge in [0.2, 0.25) is 0 Å². The maximum Gasteiger partial charge on any atom is 0.149 e. The highest BCUT2D eigenvalue weighted by Gasteiger charge is 2.15. The number of nitrogen functional groups attached to an aromatic ring is 1. The van der Waals surface area contributed by atoms with E-state index in [1.807, 2.05) is 12.1 Å². The van der Waals surface area contributed by atoms with Gasteiger partial charge in [0.25, 0.3) is 0 Å². The van der Waals surface area contributed by atoms with Crippen molar-refractivity contribution in [2.75, 3.05) is 20.0 Å². The zero-order valence-electron chi connectivity index (χ0n) is 10.5. The molecule has 0 saturated carbocycles. The molecule has 2 aromatic carbocycles. The summed E-state index contributed by atoms with van der Waals surface area (Å²) in [6.45, 7) is 0. The zero-order valence-corrected chi connectivity index (χ0v) is 12.0. The van der Waals surface area contributed by atoms with Crippen molar-refractivity contribution in [2.45, 2.75) is 0 Å². The van der Waals surface area contributed by atoms with Gasteiger partial charge in [-0.25, -0.2) is 0 Å². The maximum atomic E-state index is 6.23. The van der Waals surface area contributed by atoms with Gasteiger partial charge in [0.05, 0.1) is 24.9 Å². The summed E-state index contributed by atoms with van der Waals surface area (Å²) in [5.74, 6) is 1.10. The van der Waals surface area contributed by atoms with Crippen molar-refractivity contribution in [1.29, 1.82) is 0 Å². The van der Waals surface area contributed by atoms with Crippen molar-refractivity contribution < 1.29 is 9.47 Å². The van der Waals surface area contributed by atoms with Crippen molar-refractivity contribution in [3.8, 4) is 22.6 Å². The number of rotatable bonds is 3. The average Bonchev–Trinajstić information content (AvgIpc) is 2.41. The van der Waals surface area contributed by atoms with Gasteiger partial charge in [-0.3, -0.25) is 0 Å². The van der Waals surface area contributed by atoms with Crippen LogP contribution in [0.15, 0.2) is 30.3 Å². The van der Waals surface area contributed by atoms with E-state index in [-0.39, 0.29) is 0 Å². The minimum Gasteiger partial charge on any atom is -0.495 e. The summed E-state index contributed by atoms with van der Waals surface area (Å²) in [6.07, 6.45) is 0. The van der Waals surface area contributed by atoms with Crippen LogP contribution in [-0.4, -0.2) is 14.2 Å². The Hall–Kier alpha value is -1.58. The van der Waals surface area contributed by atoms with E-state index in [0.29, 0.717) is 27.2 Å². The molecule has 5 heteroatoms. The molecular weight excluding hydrogens is 285 g/mol. The van der Waals surface area contributed by atoms with Crippen LogP contribution in [0.2, 0.25) is 10.0 Å². The Kier molecular flexibility index (Phi) is 4.08. The number of methoxy groups -OCH3 is 2. The van der Waals surface area contributed by atoms with Gasteiger partial charge in [-0.1, -0.05) is 29.3 Å². The first-order valence-corrected chi connectivity index (χ1v) is 6.30. The number of ether oxygens (including phenoxy) is 2. The quantitative estimate of drug-likeness (QED) is 0.861. The van der Waals surface area contributed by atoms with Crippen molar-refractivity contribution in [2.24, 2.45) is 0 Å². The molecule has 0 spiro atoms. The van der Waals surface area contributed by atoms with Gasteiger partial charge in [-0.15, -0.1) is 0 Å². The van der Waals surface area contributed by atoms with E-state index in [2.05, 4.69) is 0 Å². The number of benzene rings is 2. The van der Waals surface area contributed by atoms with Crippen LogP contribution in [0.3, 0.4) is 0 Å². The third kappa shape index (κ3) is 2.57. The SMILES string of the molecule is COc1ccc(-c2ccc(N)c(Cl)c2)c(OC)c1Cl. The highest BCUT2D eigenvalue weighted by atomic mass is 35.5. The fourth-order valence-electron chi connectivity index (χ4n) is 1.82. The second-order valence-corrected chi connectivity index (χ2v) is 4.68. The van der Waals surface area contributed by atoms with Crippen LogP contribution in [0, 0.1) is 0 Å². The third-order valence-corrected chi connectivity index (χ3v) is 3.48. The zero-order chi connectivity index (χ0) is 14.0. The van der Waals surface area contributed by atoms with E-state index in [0.717, 1.165) is 11.1 Å². The fraction of sp³-hybridized carbons (Fsp3) is 0.143. The van der Waals surface area contributed by atoms with Crippen LogP contribution >= 0.6 is 23.2 Å². The molecule has 3 nitrogen and oxygen atoms in total. The lowest BCUT2D eigenvalue weighted by molar-refractivity contribution is 0.396. The van der Waals surface area contributed by atoms with E-state index in [4.69, 9.17) is 38.4 Å². The highest BCUT2D eigenvalue weighted by molar-refractivity contribution is 6.34. The summed E-state index contributed by atoms with van der Waals surface area (Å²) in [7, 11) is 3.11. The molecule has 0 atom stereocenters. The van der Waals surface area contributed by atoms with Crippen LogP contribution in [0.4, 0.5) is 5.69 Å².